The molecule has 0 N–H and O–H groups in total. The molecule has 132 valence electrons. The highest BCUT2D eigenvalue weighted by molar-refractivity contribution is 9.10. The predicted molar refractivity (Wildman–Crippen MR) is 97.2 cm³/mol. The Labute approximate surface area is 155 Å². The second kappa shape index (κ2) is 9.84. The van der Waals surface area contributed by atoms with Gasteiger partial charge in [-0.25, -0.2) is 0 Å². The minimum atomic E-state index is -0.349. The Morgan fingerprint density at radius 3 is 2.32 bits per heavy atom. The molecule has 0 bridgehead atoms. The lowest BCUT2D eigenvalue weighted by Crippen LogP contribution is -2.14. The van der Waals surface area contributed by atoms with E-state index in [9.17, 15) is 9.59 Å². The molecule has 0 saturated carbocycles. The van der Waals surface area contributed by atoms with Crippen molar-refractivity contribution < 1.29 is 23.8 Å². The number of hydrogen-bond acceptors (Lipinski definition) is 5. The van der Waals surface area contributed by atoms with E-state index in [0.717, 1.165) is 4.47 Å². The van der Waals surface area contributed by atoms with E-state index in [-0.39, 0.29) is 38.0 Å². The van der Waals surface area contributed by atoms with Gasteiger partial charge in [0.25, 0.3) is 0 Å². The fraction of sp³-hybridized carbons (Fsp3) is 0.263. The number of ether oxygens (including phenoxy) is 3. The van der Waals surface area contributed by atoms with Crippen LogP contribution in [0.4, 0.5) is 0 Å². The molecule has 0 unspecified atom stereocenters. The molecular weight excluding hydrogens is 388 g/mol. The van der Waals surface area contributed by atoms with Gasteiger partial charge in [-0.2, -0.15) is 0 Å². The van der Waals surface area contributed by atoms with Crippen LogP contribution in [0, 0.1) is 0 Å². The molecule has 0 aliphatic rings. The summed E-state index contributed by atoms with van der Waals surface area (Å²) < 4.78 is 16.9. The first-order valence-corrected chi connectivity index (χ1v) is 8.61. The number of halogens is 1. The molecular formula is C19H19BrO5. The summed E-state index contributed by atoms with van der Waals surface area (Å²) in [4.78, 5) is 22.8. The first-order valence-electron chi connectivity index (χ1n) is 7.82. The topological polar surface area (TPSA) is 61.8 Å². The highest BCUT2D eigenvalue weighted by atomic mass is 79.9. The lowest BCUT2D eigenvalue weighted by Gasteiger charge is -2.09. The Balaban J connectivity index is 1.60. The summed E-state index contributed by atoms with van der Waals surface area (Å²) in [5, 5.41) is 0. The van der Waals surface area contributed by atoms with Crippen molar-refractivity contribution in [1.82, 2.24) is 0 Å². The molecule has 6 heteroatoms. The summed E-state index contributed by atoms with van der Waals surface area (Å²) >= 11 is 3.36. The Hall–Kier alpha value is -2.34. The molecule has 0 saturated heterocycles. The van der Waals surface area contributed by atoms with Crippen LogP contribution in [0.25, 0.3) is 0 Å². The van der Waals surface area contributed by atoms with Gasteiger partial charge in [0.05, 0.1) is 13.0 Å². The van der Waals surface area contributed by atoms with Crippen molar-refractivity contribution in [1.29, 1.82) is 0 Å². The van der Waals surface area contributed by atoms with Crippen LogP contribution in [0.2, 0.25) is 0 Å². The monoisotopic (exact) mass is 406 g/mol. The van der Waals surface area contributed by atoms with Gasteiger partial charge in [-0.15, -0.1) is 0 Å². The first kappa shape index (κ1) is 19.0. The number of benzene rings is 2. The van der Waals surface area contributed by atoms with Crippen LogP contribution in [-0.4, -0.2) is 31.6 Å². The summed E-state index contributed by atoms with van der Waals surface area (Å²) in [5.74, 6) is 0.969. The molecule has 0 heterocycles. The maximum Gasteiger partial charge on any atom is 0.309 e. The van der Waals surface area contributed by atoms with Gasteiger partial charge in [-0.05, 0) is 49.4 Å². The fourth-order valence-electron chi connectivity index (χ4n) is 1.98. The quantitative estimate of drug-likeness (QED) is 0.357. The predicted octanol–water partition coefficient (Wildman–Crippen LogP) is 4.04. The molecule has 0 aliphatic carbocycles. The Kier molecular flexibility index (Phi) is 7.47. The van der Waals surface area contributed by atoms with Crippen LogP contribution in [-0.2, 0) is 9.53 Å². The van der Waals surface area contributed by atoms with Gasteiger partial charge in [-0.3, -0.25) is 9.59 Å². The molecule has 5 nitrogen and oxygen atoms in total. The highest BCUT2D eigenvalue weighted by Gasteiger charge is 2.05. The summed E-state index contributed by atoms with van der Waals surface area (Å²) in [7, 11) is 0. The van der Waals surface area contributed by atoms with Gasteiger partial charge >= 0.3 is 5.97 Å². The zero-order chi connectivity index (χ0) is 18.1. The standard InChI is InChI=1S/C19H19BrO5/c1-14(21)15-5-7-17(8-6-15)23-10-9-19(22)25-12-11-24-18-4-2-3-16(20)13-18/h2-8,13H,9-12H2,1H3. The minimum Gasteiger partial charge on any atom is -0.493 e. The molecule has 2 aromatic rings. The Bertz CT molecular complexity index is 712. The summed E-state index contributed by atoms with van der Waals surface area (Å²) in [5.41, 5.74) is 0.622. The number of carbonyl (C=O) groups excluding carboxylic acids is 2. The number of carbonyl (C=O) groups is 2. The van der Waals surface area contributed by atoms with Crippen molar-refractivity contribution in [3.8, 4) is 11.5 Å². The van der Waals surface area contributed by atoms with Crippen LogP contribution >= 0.6 is 15.9 Å². The van der Waals surface area contributed by atoms with Crippen molar-refractivity contribution in [3.05, 3.63) is 58.6 Å². The molecule has 0 amide bonds. The molecule has 0 atom stereocenters. The maximum absolute atomic E-state index is 11.6. The SMILES string of the molecule is CC(=O)c1ccc(OCCC(=O)OCCOc2cccc(Br)c2)cc1. The Morgan fingerprint density at radius 2 is 1.64 bits per heavy atom. The van der Waals surface area contributed by atoms with Crippen LogP contribution < -0.4 is 9.47 Å². The van der Waals surface area contributed by atoms with Crippen molar-refractivity contribution in [3.63, 3.8) is 0 Å². The van der Waals surface area contributed by atoms with Gasteiger partial charge in [0.1, 0.15) is 24.7 Å². The summed E-state index contributed by atoms with van der Waals surface area (Å²) in [6.07, 6.45) is 0.144. The van der Waals surface area contributed by atoms with E-state index in [4.69, 9.17) is 14.2 Å². The van der Waals surface area contributed by atoms with Crippen LogP contribution in [0.3, 0.4) is 0 Å². The van der Waals surface area contributed by atoms with Crippen molar-refractivity contribution in [2.75, 3.05) is 19.8 Å². The average molecular weight is 407 g/mol. The van der Waals surface area contributed by atoms with Crippen LogP contribution in [0.5, 0.6) is 11.5 Å². The van der Waals surface area contributed by atoms with Gasteiger partial charge in [0, 0.05) is 10.0 Å². The third-order valence-electron chi connectivity index (χ3n) is 3.25. The van der Waals surface area contributed by atoms with E-state index in [2.05, 4.69) is 15.9 Å². The maximum atomic E-state index is 11.6. The second-order valence-electron chi connectivity index (χ2n) is 5.21. The van der Waals surface area contributed by atoms with E-state index >= 15 is 0 Å². The molecule has 25 heavy (non-hydrogen) atoms. The first-order chi connectivity index (χ1) is 12.0. The van der Waals surface area contributed by atoms with Gasteiger partial charge in [0.2, 0.25) is 0 Å². The number of esters is 1. The van der Waals surface area contributed by atoms with Gasteiger partial charge in [0.15, 0.2) is 5.78 Å². The highest BCUT2D eigenvalue weighted by Crippen LogP contribution is 2.17. The third kappa shape index (κ3) is 6.97. The van der Waals surface area contributed by atoms with Crippen LogP contribution in [0.1, 0.15) is 23.7 Å². The normalized spacial score (nSPS) is 10.2. The fourth-order valence-corrected chi connectivity index (χ4v) is 2.36. The Morgan fingerprint density at radius 1 is 0.920 bits per heavy atom. The minimum absolute atomic E-state index is 0.000192. The van der Waals surface area contributed by atoms with E-state index in [1.165, 1.54) is 6.92 Å². The van der Waals surface area contributed by atoms with Gasteiger partial charge in [-0.1, -0.05) is 22.0 Å². The van der Waals surface area contributed by atoms with E-state index < -0.39 is 0 Å². The second-order valence-corrected chi connectivity index (χ2v) is 6.12. The van der Waals surface area contributed by atoms with Crippen molar-refractivity contribution in [2.45, 2.75) is 13.3 Å². The largest absolute Gasteiger partial charge is 0.493 e. The molecule has 2 aromatic carbocycles. The lowest BCUT2D eigenvalue weighted by atomic mass is 10.1. The van der Waals surface area contributed by atoms with E-state index in [0.29, 0.717) is 17.1 Å². The number of rotatable bonds is 9. The molecule has 0 aliphatic heterocycles. The summed E-state index contributed by atoms with van der Waals surface area (Å²) in [6, 6.07) is 14.2. The zero-order valence-electron chi connectivity index (χ0n) is 13.9. The van der Waals surface area contributed by atoms with E-state index in [1.807, 2.05) is 24.3 Å². The van der Waals surface area contributed by atoms with Crippen molar-refractivity contribution >= 4 is 27.7 Å². The third-order valence-corrected chi connectivity index (χ3v) is 3.74. The molecule has 2 rings (SSSR count). The molecule has 0 aromatic heterocycles. The number of hydrogen-bond donors (Lipinski definition) is 0. The molecule has 0 radical (unpaired) electrons. The van der Waals surface area contributed by atoms with E-state index in [1.54, 1.807) is 24.3 Å². The van der Waals surface area contributed by atoms with Crippen LogP contribution in [0.15, 0.2) is 53.0 Å². The van der Waals surface area contributed by atoms with Crippen molar-refractivity contribution in [2.24, 2.45) is 0 Å². The molecule has 0 spiro atoms. The average Bonchev–Trinajstić information content (AvgIpc) is 2.59. The van der Waals surface area contributed by atoms with Gasteiger partial charge < -0.3 is 14.2 Å². The summed E-state index contributed by atoms with van der Waals surface area (Å²) in [6.45, 7) is 2.19. The zero-order valence-corrected chi connectivity index (χ0v) is 15.5. The number of Topliss-reactive ketones (excluding diaryl/α,β-unsaturated/α-hetero) is 1. The smallest absolute Gasteiger partial charge is 0.309 e. The molecule has 0 fully saturated rings. The lowest BCUT2D eigenvalue weighted by molar-refractivity contribution is -0.144. The number of ketones is 1.